The molecule has 0 unspecified atom stereocenters. The molecule has 1 fully saturated rings. The smallest absolute Gasteiger partial charge is 0.407 e. The van der Waals surface area contributed by atoms with Crippen LogP contribution in [0.2, 0.25) is 0 Å². The average molecular weight is 451 g/mol. The zero-order valence-corrected chi connectivity index (χ0v) is 19.0. The highest BCUT2D eigenvalue weighted by Crippen LogP contribution is 2.44. The van der Waals surface area contributed by atoms with Gasteiger partial charge in [-0.25, -0.2) is 9.59 Å². The first-order valence-electron chi connectivity index (χ1n) is 11.5. The largest absolute Gasteiger partial charge is 0.480 e. The Hall–Kier alpha value is -3.35. The molecular weight excluding hydrogens is 420 g/mol. The highest BCUT2D eigenvalue weighted by Gasteiger charge is 2.47. The maximum atomic E-state index is 13.2. The normalized spacial score (nSPS) is 20.1. The Morgan fingerprint density at radius 2 is 1.73 bits per heavy atom. The predicted molar refractivity (Wildman–Crippen MR) is 124 cm³/mol. The van der Waals surface area contributed by atoms with Gasteiger partial charge in [-0.2, -0.15) is 0 Å². The van der Waals surface area contributed by atoms with E-state index in [-0.39, 0.29) is 18.4 Å². The van der Waals surface area contributed by atoms with Crippen LogP contribution in [-0.4, -0.2) is 52.7 Å². The van der Waals surface area contributed by atoms with E-state index in [1.54, 1.807) is 6.92 Å². The van der Waals surface area contributed by atoms with E-state index >= 15 is 0 Å². The molecule has 0 radical (unpaired) electrons. The summed E-state index contributed by atoms with van der Waals surface area (Å²) >= 11 is 0. The van der Waals surface area contributed by atoms with Gasteiger partial charge < -0.3 is 20.1 Å². The Balaban J connectivity index is 1.44. The van der Waals surface area contributed by atoms with Crippen molar-refractivity contribution in [1.29, 1.82) is 0 Å². The van der Waals surface area contributed by atoms with Crippen molar-refractivity contribution in [3.8, 4) is 11.1 Å². The van der Waals surface area contributed by atoms with E-state index < -0.39 is 23.6 Å². The number of benzene rings is 2. The molecular formula is C26H30N2O5. The summed E-state index contributed by atoms with van der Waals surface area (Å²) in [5.74, 6) is -1.46. The number of fused-ring (bicyclic) bond motifs is 3. The van der Waals surface area contributed by atoms with Crippen LogP contribution in [0.5, 0.6) is 0 Å². The highest BCUT2D eigenvalue weighted by atomic mass is 16.5. The van der Waals surface area contributed by atoms with Gasteiger partial charge in [-0.05, 0) is 48.4 Å². The number of aliphatic carboxylic acids is 1. The molecule has 0 saturated carbocycles. The Bertz CT molecular complexity index is 1020. The molecule has 2 aromatic rings. The number of hydrogen-bond donors (Lipinski definition) is 2. The molecule has 0 bridgehead atoms. The second kappa shape index (κ2) is 9.25. The van der Waals surface area contributed by atoms with Gasteiger partial charge in [-0.15, -0.1) is 0 Å². The van der Waals surface area contributed by atoms with Crippen LogP contribution < -0.4 is 5.32 Å². The van der Waals surface area contributed by atoms with E-state index in [2.05, 4.69) is 17.4 Å². The minimum absolute atomic E-state index is 0.0719. The Labute approximate surface area is 193 Å². The van der Waals surface area contributed by atoms with Gasteiger partial charge in [0.05, 0.1) is 0 Å². The van der Waals surface area contributed by atoms with E-state index in [1.807, 2.05) is 43.3 Å². The Morgan fingerprint density at radius 1 is 1.12 bits per heavy atom. The molecule has 0 spiro atoms. The fourth-order valence-electron chi connectivity index (χ4n) is 5.06. The van der Waals surface area contributed by atoms with E-state index in [0.717, 1.165) is 22.3 Å². The third-order valence-electron chi connectivity index (χ3n) is 6.88. The molecule has 174 valence electrons. The summed E-state index contributed by atoms with van der Waals surface area (Å²) in [6.45, 7) is 4.01. The minimum atomic E-state index is -1.24. The standard InChI is InChI=1S/C26H30N2O5/c1-3-9-22(23(29)28-15-8-14-26(28,2)24(30)31)27-25(32)33-16-21-19-12-6-4-10-17(19)18-11-5-7-13-20(18)21/h4-7,10-13,21-22H,3,8-9,14-16H2,1-2H3,(H,27,32)(H,30,31)/t22-,26-/m0/s1. The van der Waals surface area contributed by atoms with Crippen molar-refractivity contribution in [2.24, 2.45) is 0 Å². The summed E-state index contributed by atoms with van der Waals surface area (Å²) in [5.41, 5.74) is 3.27. The lowest BCUT2D eigenvalue weighted by Crippen LogP contribution is -2.57. The number of nitrogens with one attached hydrogen (secondary N) is 1. The Morgan fingerprint density at radius 3 is 2.30 bits per heavy atom. The first kappa shape index (κ1) is 22.8. The summed E-state index contributed by atoms with van der Waals surface area (Å²) in [6.07, 6.45) is 1.43. The third-order valence-corrected chi connectivity index (χ3v) is 6.88. The molecule has 0 aromatic heterocycles. The van der Waals surface area contributed by atoms with Crippen molar-refractivity contribution in [3.63, 3.8) is 0 Å². The monoisotopic (exact) mass is 450 g/mol. The SMILES string of the molecule is CCC[C@H](NC(=O)OCC1c2ccccc2-c2ccccc21)C(=O)N1CCC[C@@]1(C)C(=O)O. The quantitative estimate of drug-likeness (QED) is 0.660. The number of carbonyl (C=O) groups is 3. The lowest BCUT2D eigenvalue weighted by Gasteiger charge is -2.34. The average Bonchev–Trinajstić information content (AvgIpc) is 3.36. The molecule has 2 aromatic carbocycles. The fourth-order valence-corrected chi connectivity index (χ4v) is 5.06. The molecule has 4 rings (SSSR count). The molecule has 2 N–H and O–H groups in total. The molecule has 2 atom stereocenters. The molecule has 33 heavy (non-hydrogen) atoms. The van der Waals surface area contributed by atoms with Crippen LogP contribution in [0.15, 0.2) is 48.5 Å². The van der Waals surface area contributed by atoms with Gasteiger partial charge in [0.1, 0.15) is 18.2 Å². The number of nitrogens with zero attached hydrogens (tertiary/aromatic N) is 1. The van der Waals surface area contributed by atoms with Crippen LogP contribution in [0.25, 0.3) is 11.1 Å². The van der Waals surface area contributed by atoms with Gasteiger partial charge in [0.2, 0.25) is 5.91 Å². The molecule has 7 nitrogen and oxygen atoms in total. The minimum Gasteiger partial charge on any atom is -0.480 e. The fraction of sp³-hybridized carbons (Fsp3) is 0.423. The number of alkyl carbamates (subject to hydrolysis) is 1. The summed E-state index contributed by atoms with van der Waals surface area (Å²) in [6, 6.07) is 15.4. The molecule has 1 saturated heterocycles. The maximum Gasteiger partial charge on any atom is 0.407 e. The number of likely N-dealkylation sites (tertiary alicyclic amines) is 1. The molecule has 1 heterocycles. The summed E-state index contributed by atoms with van der Waals surface area (Å²) in [4.78, 5) is 39.0. The van der Waals surface area contributed by atoms with E-state index in [0.29, 0.717) is 32.2 Å². The van der Waals surface area contributed by atoms with Gasteiger partial charge in [-0.1, -0.05) is 61.9 Å². The number of amides is 2. The van der Waals surface area contributed by atoms with Crippen LogP contribution in [-0.2, 0) is 14.3 Å². The van der Waals surface area contributed by atoms with Gasteiger partial charge >= 0.3 is 12.1 Å². The first-order chi connectivity index (χ1) is 15.9. The number of carboxylic acid groups (broad SMARTS) is 1. The number of carbonyl (C=O) groups excluding carboxylic acids is 2. The molecule has 1 aliphatic carbocycles. The van der Waals surface area contributed by atoms with Gasteiger partial charge in [-0.3, -0.25) is 4.79 Å². The summed E-state index contributed by atoms with van der Waals surface area (Å²) in [5, 5.41) is 12.3. The Kier molecular flexibility index (Phi) is 6.40. The number of hydrogen-bond acceptors (Lipinski definition) is 4. The van der Waals surface area contributed by atoms with E-state index in [1.165, 1.54) is 4.90 Å². The highest BCUT2D eigenvalue weighted by molar-refractivity contribution is 5.91. The first-order valence-corrected chi connectivity index (χ1v) is 11.5. The van der Waals surface area contributed by atoms with Crippen LogP contribution in [0.4, 0.5) is 4.79 Å². The van der Waals surface area contributed by atoms with Crippen molar-refractivity contribution in [2.75, 3.05) is 13.2 Å². The number of ether oxygens (including phenoxy) is 1. The van der Waals surface area contributed by atoms with Crippen molar-refractivity contribution in [1.82, 2.24) is 10.2 Å². The van der Waals surface area contributed by atoms with Crippen LogP contribution >= 0.6 is 0 Å². The number of rotatable bonds is 7. The molecule has 1 aliphatic heterocycles. The molecule has 7 heteroatoms. The zero-order valence-electron chi connectivity index (χ0n) is 19.0. The molecule has 2 amide bonds. The van der Waals surface area contributed by atoms with E-state index in [4.69, 9.17) is 4.74 Å². The van der Waals surface area contributed by atoms with Crippen LogP contribution in [0, 0.1) is 0 Å². The van der Waals surface area contributed by atoms with Crippen molar-refractivity contribution < 1.29 is 24.2 Å². The second-order valence-electron chi connectivity index (χ2n) is 8.98. The van der Waals surface area contributed by atoms with Gasteiger partial charge in [0.15, 0.2) is 0 Å². The zero-order chi connectivity index (χ0) is 23.6. The van der Waals surface area contributed by atoms with Crippen molar-refractivity contribution in [3.05, 3.63) is 59.7 Å². The van der Waals surface area contributed by atoms with Gasteiger partial charge in [0, 0.05) is 12.5 Å². The van der Waals surface area contributed by atoms with Crippen LogP contribution in [0.3, 0.4) is 0 Å². The lowest BCUT2D eigenvalue weighted by molar-refractivity contribution is -0.156. The van der Waals surface area contributed by atoms with Crippen LogP contribution in [0.1, 0.15) is 56.6 Å². The predicted octanol–water partition coefficient (Wildman–Crippen LogP) is 4.16. The van der Waals surface area contributed by atoms with Crippen molar-refractivity contribution >= 4 is 18.0 Å². The second-order valence-corrected chi connectivity index (χ2v) is 8.98. The molecule has 2 aliphatic rings. The third kappa shape index (κ3) is 4.19. The summed E-state index contributed by atoms with van der Waals surface area (Å²) in [7, 11) is 0. The topological polar surface area (TPSA) is 95.9 Å². The van der Waals surface area contributed by atoms with E-state index in [9.17, 15) is 19.5 Å². The van der Waals surface area contributed by atoms with Gasteiger partial charge in [0.25, 0.3) is 0 Å². The summed E-state index contributed by atoms with van der Waals surface area (Å²) < 4.78 is 5.59. The maximum absolute atomic E-state index is 13.2. The number of carboxylic acids is 1. The van der Waals surface area contributed by atoms with Crippen molar-refractivity contribution in [2.45, 2.75) is 57.0 Å². The lowest BCUT2D eigenvalue weighted by atomic mass is 9.98.